The van der Waals surface area contributed by atoms with E-state index in [4.69, 9.17) is 0 Å². The highest BCUT2D eigenvalue weighted by Crippen LogP contribution is 2.13. The van der Waals surface area contributed by atoms with Crippen molar-refractivity contribution in [3.63, 3.8) is 0 Å². The van der Waals surface area contributed by atoms with Crippen LogP contribution >= 0.6 is 0 Å². The summed E-state index contributed by atoms with van der Waals surface area (Å²) in [4.78, 5) is 0. The summed E-state index contributed by atoms with van der Waals surface area (Å²) in [6.07, 6.45) is 4.57. The van der Waals surface area contributed by atoms with Crippen LogP contribution < -0.4 is 5.32 Å². The van der Waals surface area contributed by atoms with E-state index in [1.165, 1.54) is 12.8 Å². The predicted octanol–water partition coefficient (Wildman–Crippen LogP) is 3.09. The lowest BCUT2D eigenvalue weighted by atomic mass is 10.1. The van der Waals surface area contributed by atoms with Crippen molar-refractivity contribution in [1.29, 1.82) is 0 Å². The minimum absolute atomic E-state index is 0.0570. The molecule has 2 nitrogen and oxygen atoms in total. The smallest absolute Gasteiger partial charge is 0.0375 e. The standard InChI is InChI=1S/C13H29NOS/c1-6-10-14-12(7-2)9-8-11-16(15)13(3,4)5/h12,14H,6-11H2,1-5H3. The normalized spacial score (nSPS) is 16.1. The van der Waals surface area contributed by atoms with E-state index < -0.39 is 10.8 Å². The van der Waals surface area contributed by atoms with Crippen molar-refractivity contribution in [3.05, 3.63) is 0 Å². The Balaban J connectivity index is 3.74. The summed E-state index contributed by atoms with van der Waals surface area (Å²) in [7, 11) is -0.689. The van der Waals surface area contributed by atoms with Crippen LogP contribution in [-0.2, 0) is 10.8 Å². The zero-order valence-corrected chi connectivity index (χ0v) is 12.5. The van der Waals surface area contributed by atoms with Crippen LogP contribution in [0.5, 0.6) is 0 Å². The first kappa shape index (κ1) is 16.1. The van der Waals surface area contributed by atoms with Gasteiger partial charge < -0.3 is 5.32 Å². The van der Waals surface area contributed by atoms with Gasteiger partial charge in [-0.2, -0.15) is 0 Å². The van der Waals surface area contributed by atoms with Gasteiger partial charge in [-0.15, -0.1) is 0 Å². The first-order valence-electron chi connectivity index (χ1n) is 6.53. The Hall–Kier alpha value is 0.110. The van der Waals surface area contributed by atoms with Crippen molar-refractivity contribution in [2.24, 2.45) is 0 Å². The van der Waals surface area contributed by atoms with Crippen molar-refractivity contribution in [1.82, 2.24) is 5.32 Å². The van der Waals surface area contributed by atoms with Crippen molar-refractivity contribution in [3.8, 4) is 0 Å². The Morgan fingerprint density at radius 3 is 2.31 bits per heavy atom. The highest BCUT2D eigenvalue weighted by Gasteiger charge is 2.18. The van der Waals surface area contributed by atoms with E-state index in [2.05, 4.69) is 39.9 Å². The summed E-state index contributed by atoms with van der Waals surface area (Å²) < 4.78 is 11.8. The summed E-state index contributed by atoms with van der Waals surface area (Å²) in [5.74, 6) is 0.841. The van der Waals surface area contributed by atoms with E-state index in [1.807, 2.05) is 0 Å². The molecule has 0 heterocycles. The molecule has 0 saturated heterocycles. The predicted molar refractivity (Wildman–Crippen MR) is 74.4 cm³/mol. The van der Waals surface area contributed by atoms with Gasteiger partial charge in [-0.3, -0.25) is 4.21 Å². The van der Waals surface area contributed by atoms with Crippen LogP contribution in [0.1, 0.15) is 60.3 Å². The maximum absolute atomic E-state index is 11.8. The van der Waals surface area contributed by atoms with E-state index in [-0.39, 0.29) is 4.75 Å². The molecule has 0 saturated carbocycles. The van der Waals surface area contributed by atoms with Gasteiger partial charge in [-0.1, -0.05) is 13.8 Å². The molecule has 0 aliphatic carbocycles. The minimum Gasteiger partial charge on any atom is -0.314 e. The molecule has 0 aromatic heterocycles. The zero-order chi connectivity index (χ0) is 12.6. The third kappa shape index (κ3) is 7.39. The van der Waals surface area contributed by atoms with Crippen LogP contribution in [0, 0.1) is 0 Å². The molecule has 0 radical (unpaired) electrons. The zero-order valence-electron chi connectivity index (χ0n) is 11.6. The Morgan fingerprint density at radius 2 is 1.88 bits per heavy atom. The molecular weight excluding hydrogens is 218 g/mol. The Morgan fingerprint density at radius 1 is 1.25 bits per heavy atom. The molecule has 0 aromatic carbocycles. The largest absolute Gasteiger partial charge is 0.314 e. The van der Waals surface area contributed by atoms with Gasteiger partial charge in [0.1, 0.15) is 0 Å². The van der Waals surface area contributed by atoms with Gasteiger partial charge in [0.05, 0.1) is 0 Å². The van der Waals surface area contributed by atoms with Gasteiger partial charge >= 0.3 is 0 Å². The van der Waals surface area contributed by atoms with E-state index in [0.717, 1.165) is 25.1 Å². The van der Waals surface area contributed by atoms with Gasteiger partial charge in [0.15, 0.2) is 0 Å². The summed E-state index contributed by atoms with van der Waals surface area (Å²) in [6, 6.07) is 0.608. The lowest BCUT2D eigenvalue weighted by molar-refractivity contribution is 0.464. The number of hydrogen-bond acceptors (Lipinski definition) is 2. The molecule has 1 N–H and O–H groups in total. The van der Waals surface area contributed by atoms with Gasteiger partial charge in [0.25, 0.3) is 0 Å². The molecule has 3 heteroatoms. The molecule has 98 valence electrons. The lowest BCUT2D eigenvalue weighted by Crippen LogP contribution is -2.30. The molecule has 0 bridgehead atoms. The van der Waals surface area contributed by atoms with Gasteiger partial charge in [-0.25, -0.2) is 0 Å². The third-order valence-corrected chi connectivity index (χ3v) is 4.77. The van der Waals surface area contributed by atoms with Crippen molar-refractivity contribution in [2.45, 2.75) is 71.1 Å². The van der Waals surface area contributed by atoms with Gasteiger partial charge in [0.2, 0.25) is 0 Å². The maximum Gasteiger partial charge on any atom is 0.0375 e. The second-order valence-corrected chi connectivity index (χ2v) is 7.69. The lowest BCUT2D eigenvalue weighted by Gasteiger charge is -2.20. The fraction of sp³-hybridized carbons (Fsp3) is 1.00. The SMILES string of the molecule is CCCNC(CC)CCCS(=O)C(C)(C)C. The van der Waals surface area contributed by atoms with Crippen LogP contribution in [-0.4, -0.2) is 27.3 Å². The fourth-order valence-corrected chi connectivity index (χ4v) is 2.61. The summed E-state index contributed by atoms with van der Waals surface area (Å²) in [5, 5.41) is 3.53. The molecule has 2 unspecified atom stereocenters. The molecule has 0 spiro atoms. The molecule has 0 rings (SSSR count). The Kier molecular flexibility index (Phi) is 8.29. The summed E-state index contributed by atoms with van der Waals surface area (Å²) >= 11 is 0. The molecule has 0 amide bonds. The van der Waals surface area contributed by atoms with Crippen molar-refractivity contribution in [2.75, 3.05) is 12.3 Å². The first-order valence-corrected chi connectivity index (χ1v) is 7.85. The Bertz CT molecular complexity index is 199. The second kappa shape index (κ2) is 8.24. The van der Waals surface area contributed by atoms with Crippen LogP contribution in [0.15, 0.2) is 0 Å². The molecule has 0 aliphatic rings. The maximum atomic E-state index is 11.8. The quantitative estimate of drug-likeness (QED) is 0.714. The highest BCUT2D eigenvalue weighted by atomic mass is 32.2. The average Bonchev–Trinajstić information content (AvgIpc) is 2.21. The first-order chi connectivity index (χ1) is 7.41. The second-order valence-electron chi connectivity index (χ2n) is 5.36. The van der Waals surface area contributed by atoms with Crippen molar-refractivity contribution >= 4 is 10.8 Å². The Labute approximate surface area is 104 Å². The van der Waals surface area contributed by atoms with E-state index in [0.29, 0.717) is 6.04 Å². The minimum atomic E-state index is -0.689. The third-order valence-electron chi connectivity index (χ3n) is 2.74. The van der Waals surface area contributed by atoms with E-state index in [1.54, 1.807) is 0 Å². The molecular formula is C13H29NOS. The number of hydrogen-bond donors (Lipinski definition) is 1. The van der Waals surface area contributed by atoms with Crippen LogP contribution in [0.25, 0.3) is 0 Å². The fourth-order valence-electron chi connectivity index (χ4n) is 1.57. The van der Waals surface area contributed by atoms with Gasteiger partial charge in [0, 0.05) is 27.3 Å². The molecule has 0 aliphatic heterocycles. The monoisotopic (exact) mass is 247 g/mol. The number of rotatable bonds is 8. The van der Waals surface area contributed by atoms with Gasteiger partial charge in [-0.05, 0) is 53.0 Å². The topological polar surface area (TPSA) is 29.1 Å². The molecule has 2 atom stereocenters. The molecule has 16 heavy (non-hydrogen) atoms. The van der Waals surface area contributed by atoms with Crippen LogP contribution in [0.2, 0.25) is 0 Å². The summed E-state index contributed by atoms with van der Waals surface area (Å²) in [6.45, 7) is 11.7. The highest BCUT2D eigenvalue weighted by molar-refractivity contribution is 7.86. The average molecular weight is 247 g/mol. The molecule has 0 fully saturated rings. The summed E-state index contributed by atoms with van der Waals surface area (Å²) in [5.41, 5.74) is 0. The number of nitrogens with one attached hydrogen (secondary N) is 1. The van der Waals surface area contributed by atoms with E-state index >= 15 is 0 Å². The molecule has 0 aromatic rings. The van der Waals surface area contributed by atoms with E-state index in [9.17, 15) is 4.21 Å². The van der Waals surface area contributed by atoms with Crippen LogP contribution in [0.4, 0.5) is 0 Å². The van der Waals surface area contributed by atoms with Crippen LogP contribution in [0.3, 0.4) is 0 Å². The van der Waals surface area contributed by atoms with Crippen molar-refractivity contribution < 1.29 is 4.21 Å².